The molecule has 1 fully saturated rings. The molecule has 1 saturated carbocycles. The molecule has 0 aliphatic heterocycles. The van der Waals surface area contributed by atoms with Gasteiger partial charge in [0.25, 0.3) is 0 Å². The molecule has 1 aliphatic carbocycles. The maximum absolute atomic E-state index is 10.6. The molecule has 82 valence electrons. The molecule has 0 spiro atoms. The normalized spacial score (nSPS) is 31.6. The molecule has 0 heterocycles. The summed E-state index contributed by atoms with van der Waals surface area (Å²) in [4.78, 5) is 10.6. The van der Waals surface area contributed by atoms with Crippen LogP contribution in [0.5, 0.6) is 0 Å². The van der Waals surface area contributed by atoms with E-state index in [1.807, 2.05) is 0 Å². The Balaban J connectivity index is 2.36. The lowest BCUT2D eigenvalue weighted by Gasteiger charge is -2.43. The predicted molar refractivity (Wildman–Crippen MR) is 54.0 cm³/mol. The van der Waals surface area contributed by atoms with E-state index in [0.717, 1.165) is 19.3 Å². The molecule has 0 atom stereocenters. The molecule has 0 aromatic rings. The Hall–Kier alpha value is -0.570. The average Bonchev–Trinajstić information content (AvgIpc) is 2.09. The van der Waals surface area contributed by atoms with Gasteiger partial charge in [-0.25, -0.2) is 0 Å². The van der Waals surface area contributed by atoms with Gasteiger partial charge in [0.1, 0.15) is 0 Å². The van der Waals surface area contributed by atoms with Crippen molar-refractivity contribution in [1.29, 1.82) is 0 Å². The van der Waals surface area contributed by atoms with E-state index in [2.05, 4.69) is 13.8 Å². The van der Waals surface area contributed by atoms with Crippen LogP contribution >= 0.6 is 0 Å². The smallest absolute Gasteiger partial charge is 0.306 e. The standard InChI is InChI=1S/C11H20O3/c1-3-8(4-2)5-11(14)6-9(7-11)10(12)13/h8-9,14H,3-7H2,1-2H3,(H,12,13). The molecule has 0 bridgehead atoms. The zero-order valence-corrected chi connectivity index (χ0v) is 8.99. The van der Waals surface area contributed by atoms with Crippen LogP contribution in [-0.2, 0) is 4.79 Å². The lowest BCUT2D eigenvalue weighted by molar-refractivity contribution is -0.160. The summed E-state index contributed by atoms with van der Waals surface area (Å²) in [5.74, 6) is -0.539. The van der Waals surface area contributed by atoms with E-state index in [0.29, 0.717) is 18.8 Å². The molecule has 0 aromatic carbocycles. The minimum Gasteiger partial charge on any atom is -0.481 e. The number of hydrogen-bond donors (Lipinski definition) is 2. The summed E-state index contributed by atoms with van der Waals surface area (Å²) in [6.45, 7) is 4.23. The molecule has 3 nitrogen and oxygen atoms in total. The largest absolute Gasteiger partial charge is 0.481 e. The van der Waals surface area contributed by atoms with Gasteiger partial charge in [0.15, 0.2) is 0 Å². The van der Waals surface area contributed by atoms with Crippen molar-refractivity contribution in [2.45, 2.75) is 51.6 Å². The fourth-order valence-electron chi connectivity index (χ4n) is 2.31. The van der Waals surface area contributed by atoms with Gasteiger partial charge in [-0.3, -0.25) is 4.79 Å². The molecular formula is C11H20O3. The summed E-state index contributed by atoms with van der Waals surface area (Å²) in [6, 6.07) is 0. The SMILES string of the molecule is CCC(CC)CC1(O)CC(C(=O)O)C1. The van der Waals surface area contributed by atoms with E-state index in [4.69, 9.17) is 5.11 Å². The third-order valence-electron chi connectivity index (χ3n) is 3.43. The maximum Gasteiger partial charge on any atom is 0.306 e. The van der Waals surface area contributed by atoms with Crippen LogP contribution in [0.3, 0.4) is 0 Å². The Labute approximate surface area is 85.1 Å². The highest BCUT2D eigenvalue weighted by molar-refractivity contribution is 5.71. The van der Waals surface area contributed by atoms with Crippen LogP contribution in [0, 0.1) is 11.8 Å². The first-order valence-corrected chi connectivity index (χ1v) is 5.46. The fourth-order valence-corrected chi connectivity index (χ4v) is 2.31. The molecule has 0 saturated heterocycles. The van der Waals surface area contributed by atoms with Crippen molar-refractivity contribution in [3.8, 4) is 0 Å². The van der Waals surface area contributed by atoms with Crippen LogP contribution in [0.2, 0.25) is 0 Å². The highest BCUT2D eigenvalue weighted by Crippen LogP contribution is 2.43. The first kappa shape index (κ1) is 11.5. The van der Waals surface area contributed by atoms with E-state index in [-0.39, 0.29) is 5.92 Å². The Morgan fingerprint density at radius 2 is 1.93 bits per heavy atom. The lowest BCUT2D eigenvalue weighted by Crippen LogP contribution is -2.48. The van der Waals surface area contributed by atoms with Crippen molar-refractivity contribution in [3.63, 3.8) is 0 Å². The number of aliphatic carboxylic acids is 1. The maximum atomic E-state index is 10.6. The average molecular weight is 200 g/mol. The van der Waals surface area contributed by atoms with Crippen LogP contribution in [0.4, 0.5) is 0 Å². The third-order valence-corrected chi connectivity index (χ3v) is 3.43. The van der Waals surface area contributed by atoms with Gasteiger partial charge in [0, 0.05) is 0 Å². The van der Waals surface area contributed by atoms with Crippen molar-refractivity contribution in [2.75, 3.05) is 0 Å². The number of hydrogen-bond acceptors (Lipinski definition) is 2. The van der Waals surface area contributed by atoms with E-state index >= 15 is 0 Å². The number of carboxylic acids is 1. The van der Waals surface area contributed by atoms with Crippen molar-refractivity contribution >= 4 is 5.97 Å². The summed E-state index contributed by atoms with van der Waals surface area (Å²) in [5, 5.41) is 18.7. The highest BCUT2D eigenvalue weighted by Gasteiger charge is 2.46. The van der Waals surface area contributed by atoms with Gasteiger partial charge in [-0.2, -0.15) is 0 Å². The Morgan fingerprint density at radius 1 is 1.43 bits per heavy atom. The molecule has 0 aromatic heterocycles. The molecule has 0 amide bonds. The first-order valence-electron chi connectivity index (χ1n) is 5.46. The lowest BCUT2D eigenvalue weighted by atomic mass is 9.66. The van der Waals surface area contributed by atoms with Crippen molar-refractivity contribution < 1.29 is 15.0 Å². The van der Waals surface area contributed by atoms with Gasteiger partial charge < -0.3 is 10.2 Å². The van der Waals surface area contributed by atoms with E-state index in [1.54, 1.807) is 0 Å². The monoisotopic (exact) mass is 200 g/mol. The topological polar surface area (TPSA) is 57.5 Å². The summed E-state index contributed by atoms with van der Waals surface area (Å²) in [5.41, 5.74) is -0.681. The zero-order chi connectivity index (χ0) is 10.8. The van der Waals surface area contributed by atoms with Crippen LogP contribution in [0.1, 0.15) is 46.0 Å². The van der Waals surface area contributed by atoms with Crippen molar-refractivity contribution in [3.05, 3.63) is 0 Å². The first-order chi connectivity index (χ1) is 6.50. The summed E-state index contributed by atoms with van der Waals surface area (Å²) < 4.78 is 0. The van der Waals surface area contributed by atoms with Crippen LogP contribution in [0.15, 0.2) is 0 Å². The molecule has 1 aliphatic rings. The molecule has 2 N–H and O–H groups in total. The molecule has 0 radical (unpaired) electrons. The highest BCUT2D eigenvalue weighted by atomic mass is 16.4. The molecular weight excluding hydrogens is 180 g/mol. The third kappa shape index (κ3) is 2.47. The van der Waals surface area contributed by atoms with Gasteiger partial charge in [-0.05, 0) is 25.2 Å². The Morgan fingerprint density at radius 3 is 2.29 bits per heavy atom. The Kier molecular flexibility index (Phi) is 3.53. The van der Waals surface area contributed by atoms with Gasteiger partial charge in [-0.15, -0.1) is 0 Å². The fraction of sp³-hybridized carbons (Fsp3) is 0.909. The molecule has 14 heavy (non-hydrogen) atoms. The number of aliphatic hydroxyl groups is 1. The summed E-state index contributed by atoms with van der Waals surface area (Å²) >= 11 is 0. The van der Waals surface area contributed by atoms with E-state index in [1.165, 1.54) is 0 Å². The molecule has 0 unspecified atom stereocenters. The van der Waals surface area contributed by atoms with Gasteiger partial charge in [-0.1, -0.05) is 26.7 Å². The second-order valence-electron chi connectivity index (χ2n) is 4.55. The number of carboxylic acid groups (broad SMARTS) is 1. The van der Waals surface area contributed by atoms with Gasteiger partial charge >= 0.3 is 5.97 Å². The van der Waals surface area contributed by atoms with Crippen LogP contribution in [0.25, 0.3) is 0 Å². The minimum absolute atomic E-state index is 0.311. The number of carbonyl (C=O) groups is 1. The van der Waals surface area contributed by atoms with E-state index < -0.39 is 11.6 Å². The van der Waals surface area contributed by atoms with Crippen LogP contribution < -0.4 is 0 Å². The summed E-state index contributed by atoms with van der Waals surface area (Å²) in [6.07, 6.45) is 3.79. The summed E-state index contributed by atoms with van der Waals surface area (Å²) in [7, 11) is 0. The number of rotatable bonds is 5. The van der Waals surface area contributed by atoms with Gasteiger partial charge in [0.2, 0.25) is 0 Å². The molecule has 1 rings (SSSR count). The minimum atomic E-state index is -0.765. The van der Waals surface area contributed by atoms with Crippen molar-refractivity contribution in [2.24, 2.45) is 11.8 Å². The Bertz CT molecular complexity index is 203. The zero-order valence-electron chi connectivity index (χ0n) is 8.99. The quantitative estimate of drug-likeness (QED) is 0.714. The van der Waals surface area contributed by atoms with E-state index in [9.17, 15) is 9.90 Å². The second-order valence-corrected chi connectivity index (χ2v) is 4.55. The van der Waals surface area contributed by atoms with Gasteiger partial charge in [0.05, 0.1) is 11.5 Å². The van der Waals surface area contributed by atoms with Crippen LogP contribution in [-0.4, -0.2) is 21.8 Å². The second kappa shape index (κ2) is 4.30. The van der Waals surface area contributed by atoms with Crippen molar-refractivity contribution in [1.82, 2.24) is 0 Å². The predicted octanol–water partition coefficient (Wildman–Crippen LogP) is 2.04. The molecule has 3 heteroatoms.